The Morgan fingerprint density at radius 1 is 1.20 bits per heavy atom. The molecular weight excluding hydrogens is 385 g/mol. The summed E-state index contributed by atoms with van der Waals surface area (Å²) in [6, 6.07) is 5.15. The Kier molecular flexibility index (Phi) is 6.29. The van der Waals surface area contributed by atoms with Crippen molar-refractivity contribution in [2.75, 3.05) is 11.9 Å². The molecule has 0 spiro atoms. The lowest BCUT2D eigenvalue weighted by molar-refractivity contribution is -0.137. The zero-order valence-electron chi connectivity index (χ0n) is 17.9. The first-order valence-electron chi connectivity index (χ1n) is 11.4. The Hall–Kier alpha value is -1.75. The summed E-state index contributed by atoms with van der Waals surface area (Å²) < 4.78 is 39.9. The van der Waals surface area contributed by atoms with Crippen LogP contribution in [0.2, 0.25) is 0 Å². The molecule has 1 aliphatic heterocycles. The van der Waals surface area contributed by atoms with Crippen molar-refractivity contribution in [2.24, 2.45) is 17.8 Å². The molecule has 1 aromatic carbocycles. The van der Waals surface area contributed by atoms with Crippen molar-refractivity contribution in [3.63, 3.8) is 0 Å². The third kappa shape index (κ3) is 4.93. The quantitative estimate of drug-likeness (QED) is 0.527. The minimum Gasteiger partial charge on any atom is -0.381 e. The minimum atomic E-state index is -4.30. The number of allylic oxidation sites excluding steroid dienone is 3. The van der Waals surface area contributed by atoms with Crippen LogP contribution in [0, 0.1) is 17.8 Å². The van der Waals surface area contributed by atoms with Crippen LogP contribution in [0.4, 0.5) is 18.9 Å². The average molecular weight is 419 g/mol. The molecule has 0 aromatic heterocycles. The molecule has 30 heavy (non-hydrogen) atoms. The fourth-order valence-electron chi connectivity index (χ4n) is 5.03. The lowest BCUT2D eigenvalue weighted by Gasteiger charge is -2.43. The van der Waals surface area contributed by atoms with Gasteiger partial charge in [-0.2, -0.15) is 13.2 Å². The maximum absolute atomic E-state index is 13.3. The number of fused-ring (bicyclic) bond motifs is 1. The highest BCUT2D eigenvalue weighted by Crippen LogP contribution is 2.45. The molecular formula is C25H33F3N2. The zero-order chi connectivity index (χ0) is 21.3. The maximum Gasteiger partial charge on any atom is 0.416 e. The van der Waals surface area contributed by atoms with Crippen LogP contribution in [0.1, 0.15) is 63.0 Å². The molecule has 1 unspecified atom stereocenters. The van der Waals surface area contributed by atoms with Gasteiger partial charge >= 0.3 is 6.18 Å². The molecule has 1 saturated carbocycles. The van der Waals surface area contributed by atoms with E-state index < -0.39 is 11.7 Å². The number of halogens is 3. The summed E-state index contributed by atoms with van der Waals surface area (Å²) in [6.45, 7) is 5.43. The van der Waals surface area contributed by atoms with Crippen molar-refractivity contribution in [1.29, 1.82) is 0 Å². The van der Waals surface area contributed by atoms with Crippen LogP contribution >= 0.6 is 0 Å². The summed E-state index contributed by atoms with van der Waals surface area (Å²) >= 11 is 0. The first-order valence-corrected chi connectivity index (χ1v) is 11.4. The van der Waals surface area contributed by atoms with E-state index in [1.54, 1.807) is 6.07 Å². The second-order valence-corrected chi connectivity index (χ2v) is 9.50. The van der Waals surface area contributed by atoms with Gasteiger partial charge in [-0.25, -0.2) is 0 Å². The van der Waals surface area contributed by atoms with E-state index in [0.717, 1.165) is 37.1 Å². The normalized spacial score (nSPS) is 29.4. The van der Waals surface area contributed by atoms with Crippen molar-refractivity contribution < 1.29 is 13.2 Å². The predicted molar refractivity (Wildman–Crippen MR) is 117 cm³/mol. The number of rotatable bonds is 7. The third-order valence-electron chi connectivity index (χ3n) is 7.10. The summed E-state index contributed by atoms with van der Waals surface area (Å²) in [7, 11) is 0. The van der Waals surface area contributed by atoms with Crippen LogP contribution in [0.15, 0.2) is 42.5 Å². The van der Waals surface area contributed by atoms with Gasteiger partial charge in [0.25, 0.3) is 0 Å². The maximum atomic E-state index is 13.3. The Morgan fingerprint density at radius 2 is 2.00 bits per heavy atom. The van der Waals surface area contributed by atoms with Gasteiger partial charge in [0.15, 0.2) is 0 Å². The highest BCUT2D eigenvalue weighted by molar-refractivity contribution is 5.58. The zero-order valence-corrected chi connectivity index (χ0v) is 17.9. The van der Waals surface area contributed by atoms with Crippen LogP contribution in [-0.2, 0) is 6.18 Å². The molecule has 2 nitrogen and oxygen atoms in total. The summed E-state index contributed by atoms with van der Waals surface area (Å²) in [6.07, 6.45) is 9.99. The molecule has 0 amide bonds. The van der Waals surface area contributed by atoms with E-state index in [0.29, 0.717) is 23.8 Å². The monoisotopic (exact) mass is 418 g/mol. The van der Waals surface area contributed by atoms with Crippen LogP contribution in [0.5, 0.6) is 0 Å². The molecule has 5 atom stereocenters. The molecule has 3 aliphatic rings. The third-order valence-corrected chi connectivity index (χ3v) is 7.10. The molecule has 2 aliphatic carbocycles. The van der Waals surface area contributed by atoms with E-state index in [-0.39, 0.29) is 12.0 Å². The molecule has 1 heterocycles. The number of alkyl halides is 3. The molecule has 0 bridgehead atoms. The molecule has 5 heteroatoms. The predicted octanol–water partition coefficient (Wildman–Crippen LogP) is 6.52. The number of nitrogens with one attached hydrogen (secondary N) is 2. The van der Waals surface area contributed by atoms with Gasteiger partial charge in [0.2, 0.25) is 0 Å². The van der Waals surface area contributed by atoms with Crippen molar-refractivity contribution in [3.8, 4) is 0 Å². The van der Waals surface area contributed by atoms with Crippen LogP contribution in [0.25, 0.3) is 0 Å². The molecule has 0 radical (unpaired) electrons. The van der Waals surface area contributed by atoms with E-state index in [1.807, 2.05) is 0 Å². The average Bonchev–Trinajstić information content (AvgIpc) is 3.55. The number of benzene rings is 1. The first-order chi connectivity index (χ1) is 14.3. The van der Waals surface area contributed by atoms with E-state index >= 15 is 0 Å². The van der Waals surface area contributed by atoms with Crippen LogP contribution in [0.3, 0.4) is 0 Å². The van der Waals surface area contributed by atoms with Gasteiger partial charge in [-0.3, -0.25) is 0 Å². The van der Waals surface area contributed by atoms with Gasteiger partial charge in [-0.1, -0.05) is 38.2 Å². The van der Waals surface area contributed by atoms with Gasteiger partial charge in [-0.05, 0) is 80.2 Å². The Bertz CT molecular complexity index is 794. The smallest absolute Gasteiger partial charge is 0.381 e. The molecule has 0 saturated heterocycles. The number of anilines is 1. The van der Waals surface area contributed by atoms with E-state index in [4.69, 9.17) is 0 Å². The SMILES string of the molecule is C[C@H](CC[C@@H]1[C@H](C)c2cc(C(F)(F)F)ccc2N[C@H]1C1C=CC=CC1)CNC1CC1. The highest BCUT2D eigenvalue weighted by Gasteiger charge is 2.39. The largest absolute Gasteiger partial charge is 0.416 e. The van der Waals surface area contributed by atoms with Crippen molar-refractivity contribution >= 4 is 5.69 Å². The van der Waals surface area contributed by atoms with Crippen molar-refractivity contribution in [2.45, 2.75) is 70.1 Å². The molecule has 1 aromatic rings. The van der Waals surface area contributed by atoms with Gasteiger partial charge in [0, 0.05) is 23.7 Å². The Labute approximate surface area is 178 Å². The number of hydrogen-bond donors (Lipinski definition) is 2. The Balaban J connectivity index is 1.53. The standard InChI is InChI=1S/C25H33F3N2/c1-16(15-29-20-10-11-20)8-12-21-17(2)22-14-19(25(26,27)28)9-13-23(22)30-24(21)18-6-4-3-5-7-18/h3-6,9,13-14,16-18,20-21,24,29-30H,7-8,10-12,15H2,1-2H3/t16-,17+,18?,21-,24+/m1/s1. The second kappa shape index (κ2) is 8.78. The van der Waals surface area contributed by atoms with Crippen molar-refractivity contribution in [3.05, 3.63) is 53.6 Å². The molecule has 4 rings (SSSR count). The fourth-order valence-corrected chi connectivity index (χ4v) is 5.03. The second-order valence-electron chi connectivity index (χ2n) is 9.50. The van der Waals surface area contributed by atoms with Gasteiger partial charge in [0.1, 0.15) is 0 Å². The first kappa shape index (κ1) is 21.5. The molecule has 1 fully saturated rings. The minimum absolute atomic E-state index is 0.0939. The summed E-state index contributed by atoms with van der Waals surface area (Å²) in [5.41, 5.74) is 1.13. The van der Waals surface area contributed by atoms with Gasteiger partial charge in [-0.15, -0.1) is 0 Å². The van der Waals surface area contributed by atoms with E-state index in [1.165, 1.54) is 25.0 Å². The highest BCUT2D eigenvalue weighted by atomic mass is 19.4. The van der Waals surface area contributed by atoms with Crippen LogP contribution < -0.4 is 10.6 Å². The summed E-state index contributed by atoms with van der Waals surface area (Å²) in [5.74, 6) is 1.35. The molecule has 164 valence electrons. The fraction of sp³-hybridized carbons (Fsp3) is 0.600. The van der Waals surface area contributed by atoms with Crippen molar-refractivity contribution in [1.82, 2.24) is 5.32 Å². The van der Waals surface area contributed by atoms with Gasteiger partial charge < -0.3 is 10.6 Å². The lowest BCUT2D eigenvalue weighted by atomic mass is 9.70. The van der Waals surface area contributed by atoms with E-state index in [9.17, 15) is 13.2 Å². The molecule has 2 N–H and O–H groups in total. The Morgan fingerprint density at radius 3 is 2.67 bits per heavy atom. The topological polar surface area (TPSA) is 24.1 Å². The van der Waals surface area contributed by atoms with Crippen LogP contribution in [-0.4, -0.2) is 18.6 Å². The summed E-state index contributed by atoms with van der Waals surface area (Å²) in [4.78, 5) is 0. The van der Waals surface area contributed by atoms with E-state index in [2.05, 4.69) is 48.8 Å². The number of hydrogen-bond acceptors (Lipinski definition) is 2. The summed E-state index contributed by atoms with van der Waals surface area (Å²) in [5, 5.41) is 7.25. The lowest BCUT2D eigenvalue weighted by Crippen LogP contribution is -2.42. The van der Waals surface area contributed by atoms with Gasteiger partial charge in [0.05, 0.1) is 5.56 Å².